The van der Waals surface area contributed by atoms with Crippen molar-refractivity contribution in [3.8, 4) is 10.6 Å². The van der Waals surface area contributed by atoms with Crippen molar-refractivity contribution in [2.75, 3.05) is 6.54 Å². The number of carbonyl (C=O) groups is 1. The lowest BCUT2D eigenvalue weighted by atomic mass is 10.1. The number of aromatic amines is 1. The highest BCUT2D eigenvalue weighted by molar-refractivity contribution is 7.16. The van der Waals surface area contributed by atoms with Crippen LogP contribution in [0.3, 0.4) is 0 Å². The second-order valence-corrected chi connectivity index (χ2v) is 9.06. The van der Waals surface area contributed by atoms with E-state index in [0.29, 0.717) is 13.0 Å². The van der Waals surface area contributed by atoms with Crippen LogP contribution in [0.5, 0.6) is 0 Å². The highest BCUT2D eigenvalue weighted by Gasteiger charge is 2.08. The molecule has 0 spiro atoms. The number of para-hydroxylation sites is 1. The number of amides is 1. The summed E-state index contributed by atoms with van der Waals surface area (Å²) in [5, 5.41) is 7.49. The van der Waals surface area contributed by atoms with E-state index in [1.54, 1.807) is 22.7 Å². The number of hydrogen-bond acceptors (Lipinski definition) is 4. The summed E-state index contributed by atoms with van der Waals surface area (Å²) < 4.78 is 0. The summed E-state index contributed by atoms with van der Waals surface area (Å²) >= 11 is 3.43. The van der Waals surface area contributed by atoms with E-state index in [9.17, 15) is 4.79 Å². The summed E-state index contributed by atoms with van der Waals surface area (Å²) in [6.45, 7) is 2.71. The minimum Gasteiger partial charge on any atom is -0.361 e. The van der Waals surface area contributed by atoms with Gasteiger partial charge in [-0.05, 0) is 49.9 Å². The number of rotatable bonds is 8. The van der Waals surface area contributed by atoms with Gasteiger partial charge in [-0.2, -0.15) is 0 Å². The van der Waals surface area contributed by atoms with Crippen LogP contribution in [0.1, 0.15) is 28.3 Å². The van der Waals surface area contributed by atoms with Gasteiger partial charge in [-0.25, -0.2) is 4.98 Å². The third-order valence-corrected chi connectivity index (χ3v) is 6.69. The smallest absolute Gasteiger partial charge is 0.220 e. The second kappa shape index (κ2) is 8.71. The zero-order valence-electron chi connectivity index (χ0n) is 15.8. The Morgan fingerprint density at radius 1 is 1.18 bits per heavy atom. The zero-order chi connectivity index (χ0) is 19.3. The van der Waals surface area contributed by atoms with Gasteiger partial charge in [0.1, 0.15) is 0 Å². The van der Waals surface area contributed by atoms with Crippen molar-refractivity contribution in [2.24, 2.45) is 0 Å². The van der Waals surface area contributed by atoms with Crippen LogP contribution in [0.4, 0.5) is 0 Å². The molecular weight excluding hydrogens is 386 g/mol. The number of aromatic nitrogens is 2. The molecule has 0 radical (unpaired) electrons. The molecule has 3 aromatic heterocycles. The summed E-state index contributed by atoms with van der Waals surface area (Å²) in [5.74, 6) is 0.131. The van der Waals surface area contributed by atoms with E-state index >= 15 is 0 Å². The van der Waals surface area contributed by atoms with Gasteiger partial charge < -0.3 is 10.3 Å². The van der Waals surface area contributed by atoms with Gasteiger partial charge in [0.05, 0.1) is 15.6 Å². The molecule has 0 saturated heterocycles. The van der Waals surface area contributed by atoms with Crippen LogP contribution in [0.25, 0.3) is 21.5 Å². The molecule has 0 bridgehead atoms. The summed E-state index contributed by atoms with van der Waals surface area (Å²) in [6, 6.07) is 12.6. The lowest BCUT2D eigenvalue weighted by molar-refractivity contribution is -0.121. The molecule has 4 aromatic rings. The Kier molecular flexibility index (Phi) is 5.88. The molecule has 1 aromatic carbocycles. The molecule has 0 unspecified atom stereocenters. The monoisotopic (exact) mass is 409 g/mol. The maximum atomic E-state index is 12.1. The standard InChI is InChI=1S/C22H23N3OS2/c1-15-25-20(14-27-15)21-10-9-17(28-21)11-12-23-22(26)8-4-5-16-13-24-19-7-3-2-6-18(16)19/h2-3,6-7,9-10,13-14,24H,4-5,8,11-12H2,1H3,(H,23,26). The molecule has 144 valence electrons. The Labute approximate surface area is 172 Å². The first kappa shape index (κ1) is 18.9. The van der Waals surface area contributed by atoms with Gasteiger partial charge in [-0.15, -0.1) is 22.7 Å². The van der Waals surface area contributed by atoms with Crippen molar-refractivity contribution in [2.45, 2.75) is 32.6 Å². The van der Waals surface area contributed by atoms with Crippen molar-refractivity contribution in [1.82, 2.24) is 15.3 Å². The molecule has 3 heterocycles. The summed E-state index contributed by atoms with van der Waals surface area (Å²) in [4.78, 5) is 22.4. The van der Waals surface area contributed by atoms with Crippen molar-refractivity contribution >= 4 is 39.5 Å². The number of thiophene rings is 1. The second-order valence-electron chi connectivity index (χ2n) is 6.83. The number of hydrogen-bond donors (Lipinski definition) is 2. The van der Waals surface area contributed by atoms with Gasteiger partial charge >= 0.3 is 0 Å². The Morgan fingerprint density at radius 2 is 2.07 bits per heavy atom. The van der Waals surface area contributed by atoms with E-state index in [4.69, 9.17) is 0 Å². The highest BCUT2D eigenvalue weighted by atomic mass is 32.1. The fraction of sp³-hybridized carbons (Fsp3) is 0.273. The van der Waals surface area contributed by atoms with Gasteiger partial charge in [-0.3, -0.25) is 4.79 Å². The maximum absolute atomic E-state index is 12.1. The molecule has 2 N–H and O–H groups in total. The fourth-order valence-corrected chi connectivity index (χ4v) is 4.97. The SMILES string of the molecule is Cc1nc(-c2ccc(CCNC(=O)CCCc3c[nH]c4ccccc34)s2)cs1. The van der Waals surface area contributed by atoms with Crippen molar-refractivity contribution in [3.05, 3.63) is 63.4 Å². The summed E-state index contributed by atoms with van der Waals surface area (Å²) in [6.07, 6.45) is 5.26. The van der Waals surface area contributed by atoms with Gasteiger partial charge in [0.25, 0.3) is 0 Å². The molecule has 28 heavy (non-hydrogen) atoms. The molecule has 0 aliphatic rings. The molecule has 0 aliphatic heterocycles. The van der Waals surface area contributed by atoms with Gasteiger partial charge in [0.15, 0.2) is 0 Å². The largest absolute Gasteiger partial charge is 0.361 e. The fourth-order valence-electron chi connectivity index (χ4n) is 3.32. The van der Waals surface area contributed by atoms with Crippen LogP contribution in [0.15, 0.2) is 48.0 Å². The maximum Gasteiger partial charge on any atom is 0.220 e. The third kappa shape index (κ3) is 4.51. The van der Waals surface area contributed by atoms with Gasteiger partial charge in [-0.1, -0.05) is 18.2 Å². The molecule has 0 aliphatic carbocycles. The topological polar surface area (TPSA) is 57.8 Å². The Balaban J connectivity index is 1.19. The first-order valence-corrected chi connectivity index (χ1v) is 11.2. The molecule has 4 nitrogen and oxygen atoms in total. The van der Waals surface area contributed by atoms with Crippen LogP contribution in [0, 0.1) is 6.92 Å². The van der Waals surface area contributed by atoms with Crippen molar-refractivity contribution in [1.29, 1.82) is 0 Å². The number of benzene rings is 1. The lowest BCUT2D eigenvalue weighted by Crippen LogP contribution is -2.25. The molecule has 6 heteroatoms. The first-order chi connectivity index (χ1) is 13.7. The van der Waals surface area contributed by atoms with E-state index < -0.39 is 0 Å². The lowest BCUT2D eigenvalue weighted by Gasteiger charge is -2.04. The van der Waals surface area contributed by atoms with Crippen LogP contribution in [-0.2, 0) is 17.6 Å². The van der Waals surface area contributed by atoms with E-state index in [2.05, 4.69) is 57.2 Å². The van der Waals surface area contributed by atoms with E-state index in [0.717, 1.165) is 35.5 Å². The predicted octanol–water partition coefficient (Wildman–Crippen LogP) is 5.34. The zero-order valence-corrected chi connectivity index (χ0v) is 17.5. The van der Waals surface area contributed by atoms with Gasteiger partial charge in [0.2, 0.25) is 5.91 Å². The molecule has 0 atom stereocenters. The number of nitrogens with one attached hydrogen (secondary N) is 2. The van der Waals surface area contributed by atoms with Crippen molar-refractivity contribution in [3.63, 3.8) is 0 Å². The van der Waals surface area contributed by atoms with Crippen LogP contribution in [-0.4, -0.2) is 22.4 Å². The van der Waals surface area contributed by atoms with Gasteiger partial charge in [0, 0.05) is 40.3 Å². The Hall–Kier alpha value is -2.44. The molecule has 1 amide bonds. The quantitative estimate of drug-likeness (QED) is 0.412. The average Bonchev–Trinajstić information content (AvgIpc) is 3.42. The van der Waals surface area contributed by atoms with E-state index in [1.807, 2.05) is 13.0 Å². The van der Waals surface area contributed by atoms with Crippen LogP contribution < -0.4 is 5.32 Å². The summed E-state index contributed by atoms with van der Waals surface area (Å²) in [7, 11) is 0. The normalized spacial score (nSPS) is 11.2. The van der Waals surface area contributed by atoms with Crippen LogP contribution >= 0.6 is 22.7 Å². The Bertz CT molecular complexity index is 1080. The Morgan fingerprint density at radius 3 is 2.93 bits per heavy atom. The minimum atomic E-state index is 0.131. The number of thiazole rings is 1. The average molecular weight is 410 g/mol. The minimum absolute atomic E-state index is 0.131. The number of fused-ring (bicyclic) bond motifs is 1. The number of H-pyrrole nitrogens is 1. The highest BCUT2D eigenvalue weighted by Crippen LogP contribution is 2.29. The first-order valence-electron chi connectivity index (χ1n) is 9.52. The molecule has 4 rings (SSSR count). The summed E-state index contributed by atoms with van der Waals surface area (Å²) in [5.41, 5.74) is 3.50. The van der Waals surface area contributed by atoms with E-state index in [1.165, 1.54) is 20.7 Å². The van der Waals surface area contributed by atoms with Crippen molar-refractivity contribution < 1.29 is 4.79 Å². The predicted molar refractivity (Wildman–Crippen MR) is 118 cm³/mol. The van der Waals surface area contributed by atoms with E-state index in [-0.39, 0.29) is 5.91 Å². The molecule has 0 fully saturated rings. The number of carbonyl (C=O) groups excluding carboxylic acids is 1. The molecular formula is C22H23N3OS2. The number of aryl methyl sites for hydroxylation is 2. The third-order valence-electron chi connectivity index (χ3n) is 4.75. The van der Waals surface area contributed by atoms with Crippen LogP contribution in [0.2, 0.25) is 0 Å². The molecule has 0 saturated carbocycles. The number of nitrogens with zero attached hydrogens (tertiary/aromatic N) is 1.